The Morgan fingerprint density at radius 2 is 1.80 bits per heavy atom. The summed E-state index contributed by atoms with van der Waals surface area (Å²) in [4.78, 5) is 2.91. The summed E-state index contributed by atoms with van der Waals surface area (Å²) in [5.74, 6) is 2.00. The first-order valence-electron chi connectivity index (χ1n) is 9.11. The summed E-state index contributed by atoms with van der Waals surface area (Å²) in [7, 11) is 2.15. The molecule has 2 unspecified atom stereocenters. The maximum absolute atomic E-state index is 3.52. The zero-order valence-corrected chi connectivity index (χ0v) is 13.7. The number of likely N-dealkylation sites (tertiary alicyclic amines) is 1. The molecule has 1 aliphatic heterocycles. The van der Waals surface area contributed by atoms with Crippen molar-refractivity contribution < 1.29 is 0 Å². The van der Waals surface area contributed by atoms with E-state index >= 15 is 0 Å². The minimum absolute atomic E-state index is 0.575. The van der Waals surface area contributed by atoms with Crippen molar-refractivity contribution in [2.24, 2.45) is 17.3 Å². The third-order valence-corrected chi connectivity index (χ3v) is 6.53. The largest absolute Gasteiger partial charge is 0.319 e. The summed E-state index contributed by atoms with van der Waals surface area (Å²) >= 11 is 0. The summed E-state index contributed by atoms with van der Waals surface area (Å²) in [5.41, 5.74) is 0.575. The van der Waals surface area contributed by atoms with Gasteiger partial charge in [-0.25, -0.2) is 0 Å². The number of fused-ring (bicyclic) bond motifs is 1. The Balaban J connectivity index is 1.66. The standard InChI is InChI=1S/C18H34N2/c1-15-8-10-18(11-9-15,13-19-2)14-20-12-4-6-16-5-3-7-17(16)20/h15-17,19H,3-14H2,1-2H3. The smallest absolute Gasteiger partial charge is 0.0124 e. The van der Waals surface area contributed by atoms with Crippen molar-refractivity contribution in [2.75, 3.05) is 26.7 Å². The van der Waals surface area contributed by atoms with Gasteiger partial charge in [0.1, 0.15) is 0 Å². The molecule has 20 heavy (non-hydrogen) atoms. The van der Waals surface area contributed by atoms with E-state index in [0.29, 0.717) is 5.41 Å². The van der Waals surface area contributed by atoms with Crippen LogP contribution in [0.3, 0.4) is 0 Å². The highest BCUT2D eigenvalue weighted by atomic mass is 15.2. The molecule has 0 aromatic heterocycles. The lowest BCUT2D eigenvalue weighted by atomic mass is 9.70. The normalized spacial score (nSPS) is 42.6. The third-order valence-electron chi connectivity index (χ3n) is 6.53. The molecular weight excluding hydrogens is 244 g/mol. The molecule has 3 fully saturated rings. The fourth-order valence-electron chi connectivity index (χ4n) is 5.32. The van der Waals surface area contributed by atoms with E-state index in [1.54, 1.807) is 0 Å². The van der Waals surface area contributed by atoms with Crippen molar-refractivity contribution >= 4 is 0 Å². The quantitative estimate of drug-likeness (QED) is 0.844. The molecule has 2 saturated carbocycles. The van der Waals surface area contributed by atoms with Gasteiger partial charge in [-0.05, 0) is 69.4 Å². The van der Waals surface area contributed by atoms with Crippen LogP contribution in [0.4, 0.5) is 0 Å². The second kappa shape index (κ2) is 6.36. The minimum Gasteiger partial charge on any atom is -0.319 e. The van der Waals surface area contributed by atoms with Gasteiger partial charge in [-0.2, -0.15) is 0 Å². The first kappa shape index (κ1) is 14.8. The average molecular weight is 278 g/mol. The van der Waals surface area contributed by atoms with E-state index in [1.165, 1.54) is 77.4 Å². The van der Waals surface area contributed by atoms with Gasteiger partial charge in [-0.15, -0.1) is 0 Å². The van der Waals surface area contributed by atoms with Gasteiger partial charge in [0.15, 0.2) is 0 Å². The molecule has 1 saturated heterocycles. The summed E-state index contributed by atoms with van der Waals surface area (Å²) in [5, 5.41) is 3.52. The molecule has 2 atom stereocenters. The maximum Gasteiger partial charge on any atom is 0.0124 e. The molecule has 0 amide bonds. The highest BCUT2D eigenvalue weighted by Gasteiger charge is 2.41. The summed E-state index contributed by atoms with van der Waals surface area (Å²) in [6, 6.07) is 0.942. The first-order valence-corrected chi connectivity index (χ1v) is 9.11. The first-order chi connectivity index (χ1) is 9.72. The second-order valence-corrected chi connectivity index (χ2v) is 8.08. The zero-order chi connectivity index (χ0) is 14.0. The van der Waals surface area contributed by atoms with Crippen LogP contribution in [0.25, 0.3) is 0 Å². The lowest BCUT2D eigenvalue weighted by molar-refractivity contribution is 0.0327. The van der Waals surface area contributed by atoms with E-state index in [9.17, 15) is 0 Å². The minimum atomic E-state index is 0.575. The van der Waals surface area contributed by atoms with Gasteiger partial charge in [-0.3, -0.25) is 4.90 Å². The SMILES string of the molecule is CNCC1(CN2CCCC3CCCC32)CCC(C)CC1. The summed E-state index contributed by atoms with van der Waals surface area (Å²) < 4.78 is 0. The van der Waals surface area contributed by atoms with Crippen LogP contribution in [0.2, 0.25) is 0 Å². The lowest BCUT2D eigenvalue weighted by Gasteiger charge is -2.47. The molecule has 1 heterocycles. The van der Waals surface area contributed by atoms with E-state index < -0.39 is 0 Å². The van der Waals surface area contributed by atoms with Crippen molar-refractivity contribution in [1.29, 1.82) is 0 Å². The zero-order valence-electron chi connectivity index (χ0n) is 13.7. The van der Waals surface area contributed by atoms with E-state index in [-0.39, 0.29) is 0 Å². The Bertz CT molecular complexity index is 307. The van der Waals surface area contributed by atoms with Crippen LogP contribution in [-0.2, 0) is 0 Å². The van der Waals surface area contributed by atoms with Crippen LogP contribution in [0, 0.1) is 17.3 Å². The van der Waals surface area contributed by atoms with Crippen molar-refractivity contribution in [3.63, 3.8) is 0 Å². The molecular formula is C18H34N2. The number of piperidine rings is 1. The average Bonchev–Trinajstić information content (AvgIpc) is 2.92. The van der Waals surface area contributed by atoms with Crippen LogP contribution in [0.5, 0.6) is 0 Å². The fourth-order valence-corrected chi connectivity index (χ4v) is 5.32. The molecule has 2 aliphatic carbocycles. The van der Waals surface area contributed by atoms with E-state index in [1.807, 2.05) is 0 Å². The molecule has 2 heteroatoms. The predicted molar refractivity (Wildman–Crippen MR) is 85.9 cm³/mol. The Kier molecular flexibility index (Phi) is 4.72. The van der Waals surface area contributed by atoms with E-state index in [2.05, 4.69) is 24.2 Å². The number of hydrogen-bond donors (Lipinski definition) is 1. The molecule has 0 spiro atoms. The lowest BCUT2D eigenvalue weighted by Crippen LogP contribution is -2.51. The Morgan fingerprint density at radius 1 is 1.05 bits per heavy atom. The highest BCUT2D eigenvalue weighted by molar-refractivity contribution is 4.95. The molecule has 0 aromatic rings. The van der Waals surface area contributed by atoms with Gasteiger partial charge in [0.2, 0.25) is 0 Å². The molecule has 0 bridgehead atoms. The Labute approximate surface area is 125 Å². The molecule has 2 nitrogen and oxygen atoms in total. The van der Waals surface area contributed by atoms with Crippen LogP contribution in [-0.4, -0.2) is 37.6 Å². The molecule has 116 valence electrons. The predicted octanol–water partition coefficient (Wildman–Crippen LogP) is 3.67. The fraction of sp³-hybridized carbons (Fsp3) is 1.00. The van der Waals surface area contributed by atoms with Gasteiger partial charge in [0.05, 0.1) is 0 Å². The van der Waals surface area contributed by atoms with E-state index in [4.69, 9.17) is 0 Å². The molecule has 3 rings (SSSR count). The summed E-state index contributed by atoms with van der Waals surface area (Å²) in [6.45, 7) is 6.43. The topological polar surface area (TPSA) is 15.3 Å². The van der Waals surface area contributed by atoms with Crippen molar-refractivity contribution in [1.82, 2.24) is 10.2 Å². The second-order valence-electron chi connectivity index (χ2n) is 8.08. The van der Waals surface area contributed by atoms with Gasteiger partial charge in [0.25, 0.3) is 0 Å². The van der Waals surface area contributed by atoms with Gasteiger partial charge in [0, 0.05) is 19.1 Å². The Hall–Kier alpha value is -0.0800. The van der Waals surface area contributed by atoms with Crippen LogP contribution in [0.1, 0.15) is 64.7 Å². The molecule has 3 aliphatic rings. The van der Waals surface area contributed by atoms with Crippen molar-refractivity contribution in [2.45, 2.75) is 70.8 Å². The van der Waals surface area contributed by atoms with Gasteiger partial charge in [-0.1, -0.05) is 26.2 Å². The number of hydrogen-bond acceptors (Lipinski definition) is 2. The monoisotopic (exact) mass is 278 g/mol. The molecule has 0 radical (unpaired) electrons. The van der Waals surface area contributed by atoms with Crippen molar-refractivity contribution in [3.8, 4) is 0 Å². The number of rotatable bonds is 4. The van der Waals surface area contributed by atoms with Crippen LogP contribution < -0.4 is 5.32 Å². The number of nitrogens with one attached hydrogen (secondary N) is 1. The molecule has 1 N–H and O–H groups in total. The van der Waals surface area contributed by atoms with Crippen molar-refractivity contribution in [3.05, 3.63) is 0 Å². The van der Waals surface area contributed by atoms with Gasteiger partial charge >= 0.3 is 0 Å². The summed E-state index contributed by atoms with van der Waals surface area (Å²) in [6.07, 6.45) is 13.2. The Morgan fingerprint density at radius 3 is 2.55 bits per heavy atom. The highest BCUT2D eigenvalue weighted by Crippen LogP contribution is 2.43. The number of nitrogens with zero attached hydrogens (tertiary/aromatic N) is 1. The van der Waals surface area contributed by atoms with Gasteiger partial charge < -0.3 is 5.32 Å². The molecule has 0 aromatic carbocycles. The van der Waals surface area contributed by atoms with Crippen LogP contribution in [0.15, 0.2) is 0 Å². The third kappa shape index (κ3) is 3.06. The van der Waals surface area contributed by atoms with E-state index in [0.717, 1.165) is 17.9 Å². The van der Waals surface area contributed by atoms with Crippen LogP contribution >= 0.6 is 0 Å². The maximum atomic E-state index is 3.52.